The standard InChI is InChI=1S/C13H16FN3/c14-11-4-2-1-3-9(11)10-7-12(10)17-13(15)16-8-5-6-8/h1-4,8,10,12H,5-7H2,(H3,15,16,17). The topological polar surface area (TPSA) is 50.4 Å². The molecule has 3 rings (SSSR count). The summed E-state index contributed by atoms with van der Waals surface area (Å²) < 4.78 is 13.5. The molecule has 3 N–H and O–H groups in total. The Morgan fingerprint density at radius 1 is 1.35 bits per heavy atom. The molecular formula is C13H16FN3. The van der Waals surface area contributed by atoms with Crippen molar-refractivity contribution in [3.05, 3.63) is 35.6 Å². The normalized spacial score (nSPS) is 27.9. The van der Waals surface area contributed by atoms with Gasteiger partial charge in [-0.05, 0) is 30.9 Å². The van der Waals surface area contributed by atoms with Gasteiger partial charge < -0.3 is 11.1 Å². The van der Waals surface area contributed by atoms with Crippen LogP contribution < -0.4 is 11.1 Å². The highest BCUT2D eigenvalue weighted by molar-refractivity contribution is 5.79. The SMILES string of the molecule is NC(=NC1CC1c1ccccc1F)NC1CC1. The molecule has 2 saturated carbocycles. The van der Waals surface area contributed by atoms with E-state index in [-0.39, 0.29) is 17.8 Å². The number of hydrogen-bond donors (Lipinski definition) is 2. The number of nitrogens with two attached hydrogens (primary N) is 1. The van der Waals surface area contributed by atoms with Gasteiger partial charge >= 0.3 is 0 Å². The summed E-state index contributed by atoms with van der Waals surface area (Å²) in [6, 6.07) is 7.58. The van der Waals surface area contributed by atoms with Crippen molar-refractivity contribution in [2.75, 3.05) is 0 Å². The van der Waals surface area contributed by atoms with E-state index >= 15 is 0 Å². The van der Waals surface area contributed by atoms with Gasteiger partial charge in [0.15, 0.2) is 5.96 Å². The van der Waals surface area contributed by atoms with Crippen molar-refractivity contribution in [3.8, 4) is 0 Å². The molecule has 2 aliphatic rings. The monoisotopic (exact) mass is 233 g/mol. The largest absolute Gasteiger partial charge is 0.370 e. The minimum absolute atomic E-state index is 0.135. The molecular weight excluding hydrogens is 217 g/mol. The molecule has 2 aliphatic carbocycles. The van der Waals surface area contributed by atoms with Gasteiger partial charge in [-0.3, -0.25) is 0 Å². The van der Waals surface area contributed by atoms with E-state index in [0.29, 0.717) is 12.0 Å². The van der Waals surface area contributed by atoms with Gasteiger partial charge in [-0.2, -0.15) is 0 Å². The average Bonchev–Trinajstić information content (AvgIpc) is 3.17. The van der Waals surface area contributed by atoms with Gasteiger partial charge in [0, 0.05) is 12.0 Å². The zero-order valence-electron chi connectivity index (χ0n) is 9.57. The highest BCUT2D eigenvalue weighted by Crippen LogP contribution is 2.44. The van der Waals surface area contributed by atoms with Gasteiger partial charge in [0.1, 0.15) is 5.82 Å². The maximum atomic E-state index is 13.5. The number of rotatable bonds is 3. The van der Waals surface area contributed by atoms with E-state index in [4.69, 9.17) is 5.73 Å². The summed E-state index contributed by atoms with van der Waals surface area (Å²) in [6.07, 6.45) is 3.25. The molecule has 2 unspecified atom stereocenters. The lowest BCUT2D eigenvalue weighted by Gasteiger charge is -2.03. The van der Waals surface area contributed by atoms with Crippen LogP contribution in [0.3, 0.4) is 0 Å². The number of guanidine groups is 1. The van der Waals surface area contributed by atoms with Crippen LogP contribution in [0.15, 0.2) is 29.3 Å². The molecule has 1 aromatic carbocycles. The fourth-order valence-electron chi connectivity index (χ4n) is 2.09. The van der Waals surface area contributed by atoms with Crippen LogP contribution in [-0.4, -0.2) is 18.0 Å². The molecule has 4 heteroatoms. The Kier molecular flexibility index (Phi) is 2.50. The molecule has 0 saturated heterocycles. The van der Waals surface area contributed by atoms with Crippen molar-refractivity contribution in [2.45, 2.75) is 37.3 Å². The summed E-state index contributed by atoms with van der Waals surface area (Å²) in [5, 5.41) is 3.15. The van der Waals surface area contributed by atoms with Crippen LogP contribution in [0.4, 0.5) is 4.39 Å². The molecule has 2 atom stereocenters. The van der Waals surface area contributed by atoms with Gasteiger partial charge in [0.2, 0.25) is 0 Å². The minimum Gasteiger partial charge on any atom is -0.370 e. The maximum Gasteiger partial charge on any atom is 0.189 e. The zero-order chi connectivity index (χ0) is 11.8. The number of aliphatic imine (C=N–C) groups is 1. The summed E-state index contributed by atoms with van der Waals surface area (Å²) in [5.74, 6) is 0.580. The van der Waals surface area contributed by atoms with E-state index in [1.807, 2.05) is 12.1 Å². The van der Waals surface area contributed by atoms with E-state index in [1.165, 1.54) is 18.9 Å². The molecule has 0 heterocycles. The summed E-state index contributed by atoms with van der Waals surface area (Å²) in [6.45, 7) is 0. The lowest BCUT2D eigenvalue weighted by atomic mass is 10.1. The van der Waals surface area contributed by atoms with E-state index in [0.717, 1.165) is 12.0 Å². The Labute approximate surface area is 99.9 Å². The van der Waals surface area contributed by atoms with Gasteiger partial charge in [-0.25, -0.2) is 9.38 Å². The molecule has 0 aromatic heterocycles. The van der Waals surface area contributed by atoms with Crippen LogP contribution in [0.25, 0.3) is 0 Å². The fraction of sp³-hybridized carbons (Fsp3) is 0.462. The van der Waals surface area contributed by atoms with Gasteiger partial charge in [-0.1, -0.05) is 18.2 Å². The van der Waals surface area contributed by atoms with Crippen LogP contribution >= 0.6 is 0 Å². The van der Waals surface area contributed by atoms with Crippen molar-refractivity contribution in [3.63, 3.8) is 0 Å². The number of nitrogens with one attached hydrogen (secondary N) is 1. The van der Waals surface area contributed by atoms with E-state index in [1.54, 1.807) is 6.07 Å². The quantitative estimate of drug-likeness (QED) is 0.617. The molecule has 90 valence electrons. The highest BCUT2D eigenvalue weighted by Gasteiger charge is 2.40. The van der Waals surface area contributed by atoms with Crippen molar-refractivity contribution in [1.82, 2.24) is 5.32 Å². The van der Waals surface area contributed by atoms with E-state index < -0.39 is 0 Å². The molecule has 0 aliphatic heterocycles. The molecule has 3 nitrogen and oxygen atoms in total. The predicted molar refractivity (Wildman–Crippen MR) is 65.3 cm³/mol. The third kappa shape index (κ3) is 2.40. The number of hydrogen-bond acceptors (Lipinski definition) is 1. The van der Waals surface area contributed by atoms with Crippen LogP contribution in [0.2, 0.25) is 0 Å². The van der Waals surface area contributed by atoms with E-state index in [9.17, 15) is 4.39 Å². The smallest absolute Gasteiger partial charge is 0.189 e. The molecule has 1 aromatic rings. The Morgan fingerprint density at radius 3 is 2.82 bits per heavy atom. The lowest BCUT2D eigenvalue weighted by Crippen LogP contribution is -2.33. The van der Waals surface area contributed by atoms with Gasteiger partial charge in [0.25, 0.3) is 0 Å². The van der Waals surface area contributed by atoms with E-state index in [2.05, 4.69) is 10.3 Å². The Balaban J connectivity index is 1.64. The Bertz CT molecular complexity index is 454. The summed E-state index contributed by atoms with van der Waals surface area (Å²) in [4.78, 5) is 4.38. The molecule has 0 spiro atoms. The third-order valence-corrected chi connectivity index (χ3v) is 3.30. The highest BCUT2D eigenvalue weighted by atomic mass is 19.1. The van der Waals surface area contributed by atoms with Crippen LogP contribution in [0, 0.1) is 5.82 Å². The first-order valence-corrected chi connectivity index (χ1v) is 6.08. The van der Waals surface area contributed by atoms with Crippen LogP contribution in [0.1, 0.15) is 30.7 Å². The van der Waals surface area contributed by atoms with Crippen molar-refractivity contribution in [2.24, 2.45) is 10.7 Å². The van der Waals surface area contributed by atoms with Gasteiger partial charge in [0.05, 0.1) is 6.04 Å². The van der Waals surface area contributed by atoms with Gasteiger partial charge in [-0.15, -0.1) is 0 Å². The van der Waals surface area contributed by atoms with Crippen LogP contribution in [0.5, 0.6) is 0 Å². The first-order valence-electron chi connectivity index (χ1n) is 6.08. The molecule has 17 heavy (non-hydrogen) atoms. The fourth-order valence-corrected chi connectivity index (χ4v) is 2.09. The summed E-state index contributed by atoms with van der Waals surface area (Å²) >= 11 is 0. The Hall–Kier alpha value is -1.58. The second kappa shape index (κ2) is 4.02. The Morgan fingerprint density at radius 2 is 2.12 bits per heavy atom. The lowest BCUT2D eigenvalue weighted by molar-refractivity contribution is 0.609. The number of benzene rings is 1. The molecule has 0 bridgehead atoms. The summed E-state index contributed by atoms with van der Waals surface area (Å²) in [5.41, 5.74) is 6.54. The second-order valence-electron chi connectivity index (χ2n) is 4.86. The number of nitrogens with zero attached hydrogens (tertiary/aromatic N) is 1. The molecule has 2 fully saturated rings. The first-order chi connectivity index (χ1) is 8.24. The summed E-state index contributed by atoms with van der Waals surface area (Å²) in [7, 11) is 0. The predicted octanol–water partition coefficient (Wildman–Crippen LogP) is 1.75. The zero-order valence-corrected chi connectivity index (χ0v) is 9.57. The van der Waals surface area contributed by atoms with Crippen molar-refractivity contribution >= 4 is 5.96 Å². The molecule has 0 amide bonds. The van der Waals surface area contributed by atoms with Crippen LogP contribution in [-0.2, 0) is 0 Å². The second-order valence-corrected chi connectivity index (χ2v) is 4.86. The minimum atomic E-state index is -0.135. The number of halogens is 1. The van der Waals surface area contributed by atoms with Crippen molar-refractivity contribution in [1.29, 1.82) is 0 Å². The van der Waals surface area contributed by atoms with Crippen molar-refractivity contribution < 1.29 is 4.39 Å². The average molecular weight is 233 g/mol. The first kappa shape index (κ1) is 10.6. The maximum absolute atomic E-state index is 13.5. The third-order valence-electron chi connectivity index (χ3n) is 3.30. The molecule has 0 radical (unpaired) electrons.